The van der Waals surface area contributed by atoms with Crippen LogP contribution in [0.4, 0.5) is 0 Å². The second-order valence-corrected chi connectivity index (χ2v) is 5.26. The van der Waals surface area contributed by atoms with Crippen molar-refractivity contribution in [1.29, 1.82) is 0 Å². The van der Waals surface area contributed by atoms with E-state index in [-0.39, 0.29) is 23.8 Å². The summed E-state index contributed by atoms with van der Waals surface area (Å²) in [5.74, 6) is -0.281. The van der Waals surface area contributed by atoms with Crippen molar-refractivity contribution in [1.82, 2.24) is 0 Å². The minimum atomic E-state index is -0.281. The average molecular weight is 238 g/mol. The lowest BCUT2D eigenvalue weighted by Crippen LogP contribution is -2.44. The van der Waals surface area contributed by atoms with Gasteiger partial charge in [0.2, 0.25) is 0 Å². The molecule has 2 atom stereocenters. The average Bonchev–Trinajstić information content (AvgIpc) is 2.78. The molecule has 0 N–H and O–H groups in total. The summed E-state index contributed by atoms with van der Waals surface area (Å²) in [4.78, 5) is 22.1. The van der Waals surface area contributed by atoms with Crippen LogP contribution in [0.1, 0.15) is 44.9 Å². The normalized spacial score (nSPS) is 36.1. The number of carbonyl (C=O) groups is 1. The van der Waals surface area contributed by atoms with Gasteiger partial charge in [-0.25, -0.2) is 14.6 Å². The Morgan fingerprint density at radius 3 is 2.59 bits per heavy atom. The number of cyclic esters (lactones) is 1. The van der Waals surface area contributed by atoms with Crippen LogP contribution in [-0.4, -0.2) is 23.8 Å². The van der Waals surface area contributed by atoms with Gasteiger partial charge in [-0.2, -0.15) is 0 Å². The van der Waals surface area contributed by atoms with Crippen LogP contribution in [0.3, 0.4) is 0 Å². The minimum Gasteiger partial charge on any atom is -0.452 e. The molecule has 1 saturated heterocycles. The molecule has 0 radical (unpaired) electrons. The zero-order chi connectivity index (χ0) is 11.7. The van der Waals surface area contributed by atoms with E-state index in [2.05, 4.69) is 0 Å². The van der Waals surface area contributed by atoms with Crippen molar-refractivity contribution < 1.29 is 19.3 Å². The molecule has 1 aliphatic carbocycles. The van der Waals surface area contributed by atoms with Crippen molar-refractivity contribution in [3.8, 4) is 0 Å². The number of hydrogen-bond acceptors (Lipinski definition) is 4. The van der Waals surface area contributed by atoms with E-state index in [0.29, 0.717) is 0 Å². The largest absolute Gasteiger partial charge is 0.452 e. The molecule has 0 bridgehead atoms. The van der Waals surface area contributed by atoms with Crippen LogP contribution in [0, 0.1) is 0 Å². The smallest absolute Gasteiger partial charge is 0.331 e. The van der Waals surface area contributed by atoms with Crippen LogP contribution in [0.2, 0.25) is 0 Å². The van der Waals surface area contributed by atoms with Crippen LogP contribution in [0.15, 0.2) is 12.2 Å². The Bertz CT molecular complexity index is 320. The van der Waals surface area contributed by atoms with Crippen molar-refractivity contribution in [3.05, 3.63) is 12.2 Å². The van der Waals surface area contributed by atoms with Gasteiger partial charge in [0.1, 0.15) is 11.7 Å². The summed E-state index contributed by atoms with van der Waals surface area (Å²) in [7, 11) is 0. The van der Waals surface area contributed by atoms with Gasteiger partial charge in [-0.15, -0.1) is 0 Å². The quantitative estimate of drug-likeness (QED) is 0.519. The lowest BCUT2D eigenvalue weighted by atomic mass is 9.80. The number of carbonyl (C=O) groups excluding carboxylic acids is 1. The zero-order valence-corrected chi connectivity index (χ0v) is 9.89. The third-order valence-electron chi connectivity index (χ3n) is 4.04. The first-order chi connectivity index (χ1) is 8.27. The maximum atomic E-state index is 11.0. The molecule has 0 amide bonds. The lowest BCUT2D eigenvalue weighted by Gasteiger charge is -2.41. The highest BCUT2D eigenvalue weighted by Gasteiger charge is 2.42. The van der Waals surface area contributed by atoms with Crippen molar-refractivity contribution in [2.45, 2.75) is 62.8 Å². The van der Waals surface area contributed by atoms with E-state index in [1.807, 2.05) is 0 Å². The van der Waals surface area contributed by atoms with Gasteiger partial charge in [-0.3, -0.25) is 0 Å². The topological polar surface area (TPSA) is 44.8 Å². The molecular weight excluding hydrogens is 220 g/mol. The summed E-state index contributed by atoms with van der Waals surface area (Å²) >= 11 is 0. The Balaban J connectivity index is 1.56. The second-order valence-electron chi connectivity index (χ2n) is 5.26. The fourth-order valence-corrected chi connectivity index (χ4v) is 2.99. The molecule has 2 unspecified atom stereocenters. The van der Waals surface area contributed by atoms with E-state index in [4.69, 9.17) is 14.5 Å². The predicted molar refractivity (Wildman–Crippen MR) is 60.0 cm³/mol. The first kappa shape index (κ1) is 11.2. The maximum Gasteiger partial charge on any atom is 0.331 e. The minimum absolute atomic E-state index is 0.0545. The molecule has 17 heavy (non-hydrogen) atoms. The van der Waals surface area contributed by atoms with Crippen LogP contribution in [0.25, 0.3) is 0 Å². The van der Waals surface area contributed by atoms with Gasteiger partial charge in [0.25, 0.3) is 0 Å². The van der Waals surface area contributed by atoms with Crippen molar-refractivity contribution in [2.24, 2.45) is 0 Å². The Morgan fingerprint density at radius 2 is 2.00 bits per heavy atom. The summed E-state index contributed by atoms with van der Waals surface area (Å²) in [6.45, 7) is 0. The monoisotopic (exact) mass is 238 g/mol. The van der Waals surface area contributed by atoms with E-state index in [9.17, 15) is 4.79 Å². The highest BCUT2D eigenvalue weighted by Crippen LogP contribution is 2.40. The van der Waals surface area contributed by atoms with Crippen LogP contribution in [-0.2, 0) is 19.3 Å². The van der Waals surface area contributed by atoms with E-state index in [1.165, 1.54) is 25.3 Å². The zero-order valence-electron chi connectivity index (χ0n) is 9.89. The summed E-state index contributed by atoms with van der Waals surface area (Å²) in [6, 6.07) is 0. The third kappa shape index (κ3) is 2.24. The lowest BCUT2D eigenvalue weighted by molar-refractivity contribution is -0.420. The molecule has 0 aromatic carbocycles. The van der Waals surface area contributed by atoms with Crippen LogP contribution < -0.4 is 0 Å². The fourth-order valence-electron chi connectivity index (χ4n) is 2.99. The molecule has 4 nitrogen and oxygen atoms in total. The summed E-state index contributed by atoms with van der Waals surface area (Å²) in [6.07, 6.45) is 10.7. The van der Waals surface area contributed by atoms with Gasteiger partial charge in [0.15, 0.2) is 6.10 Å². The van der Waals surface area contributed by atoms with Gasteiger partial charge in [0, 0.05) is 6.08 Å². The molecule has 94 valence electrons. The number of hydrogen-bond donors (Lipinski definition) is 0. The van der Waals surface area contributed by atoms with E-state index in [0.717, 1.165) is 25.7 Å². The molecule has 2 fully saturated rings. The molecule has 2 aliphatic heterocycles. The first-order valence-corrected chi connectivity index (χ1v) is 6.51. The number of ether oxygens (including phenoxy) is 1. The molecule has 4 heteroatoms. The fraction of sp³-hybridized carbons (Fsp3) is 0.769. The SMILES string of the molecule is O=C1C=CC(C2CCC3(CCCCC3)OO2)O1. The van der Waals surface area contributed by atoms with E-state index >= 15 is 0 Å². The molecule has 3 rings (SSSR count). The highest BCUT2D eigenvalue weighted by atomic mass is 17.2. The van der Waals surface area contributed by atoms with E-state index in [1.54, 1.807) is 6.08 Å². The Morgan fingerprint density at radius 1 is 1.18 bits per heavy atom. The van der Waals surface area contributed by atoms with Gasteiger partial charge >= 0.3 is 5.97 Å². The standard InChI is InChI=1S/C13H18O4/c14-12-5-4-10(15-12)11-6-9-13(17-16-11)7-2-1-3-8-13/h4-5,10-11H,1-3,6-9H2. The predicted octanol–water partition coefficient (Wildman–Crippen LogP) is 2.28. The Kier molecular flexibility index (Phi) is 2.92. The van der Waals surface area contributed by atoms with Gasteiger partial charge in [-0.1, -0.05) is 19.3 Å². The van der Waals surface area contributed by atoms with Crippen LogP contribution in [0.5, 0.6) is 0 Å². The molecular formula is C13H18O4. The second kappa shape index (κ2) is 4.42. The highest BCUT2D eigenvalue weighted by molar-refractivity contribution is 5.84. The van der Waals surface area contributed by atoms with Crippen LogP contribution >= 0.6 is 0 Å². The molecule has 3 aliphatic rings. The Hall–Kier alpha value is -0.870. The first-order valence-electron chi connectivity index (χ1n) is 6.51. The Labute approximate surface area is 101 Å². The van der Waals surface area contributed by atoms with Gasteiger partial charge in [-0.05, 0) is 31.8 Å². The number of esters is 1. The van der Waals surface area contributed by atoms with Crippen molar-refractivity contribution >= 4 is 5.97 Å². The van der Waals surface area contributed by atoms with Gasteiger partial charge < -0.3 is 4.74 Å². The summed E-state index contributed by atoms with van der Waals surface area (Å²) < 4.78 is 5.12. The molecule has 1 spiro atoms. The third-order valence-corrected chi connectivity index (χ3v) is 4.04. The van der Waals surface area contributed by atoms with Gasteiger partial charge in [0.05, 0.1) is 0 Å². The molecule has 1 saturated carbocycles. The molecule has 0 aromatic rings. The molecule has 2 heterocycles. The summed E-state index contributed by atoms with van der Waals surface area (Å²) in [5.41, 5.74) is -0.0545. The summed E-state index contributed by atoms with van der Waals surface area (Å²) in [5, 5.41) is 0. The van der Waals surface area contributed by atoms with Crippen molar-refractivity contribution in [3.63, 3.8) is 0 Å². The molecule has 0 aromatic heterocycles. The van der Waals surface area contributed by atoms with E-state index < -0.39 is 0 Å². The maximum absolute atomic E-state index is 11.0. The van der Waals surface area contributed by atoms with Crippen molar-refractivity contribution in [2.75, 3.05) is 0 Å². The number of rotatable bonds is 1.